The van der Waals surface area contributed by atoms with Crippen molar-refractivity contribution in [3.63, 3.8) is 0 Å². The van der Waals surface area contributed by atoms with Crippen LogP contribution in [0.15, 0.2) is 18.2 Å². The Morgan fingerprint density at radius 3 is 2.58 bits per heavy atom. The van der Waals surface area contributed by atoms with E-state index in [9.17, 15) is 9.59 Å². The number of aliphatic carboxylic acids is 1. The van der Waals surface area contributed by atoms with Gasteiger partial charge in [-0.3, -0.25) is 4.79 Å². The van der Waals surface area contributed by atoms with E-state index in [4.69, 9.17) is 28.3 Å². The maximum absolute atomic E-state index is 11.8. The van der Waals surface area contributed by atoms with Crippen LogP contribution in [0, 0.1) is 11.8 Å². The van der Waals surface area contributed by atoms with Crippen LogP contribution in [0.4, 0.5) is 0 Å². The number of hydrogen-bond donors (Lipinski definition) is 2. The third-order valence-corrected chi connectivity index (χ3v) is 4.24. The van der Waals surface area contributed by atoms with Gasteiger partial charge in [0.05, 0.1) is 10.0 Å². The SMILES string of the molecule is C[C@H]1C(Cc2ccc(Cl)c(Cl)c2)C(=O)NC1C(=O)O. The summed E-state index contributed by atoms with van der Waals surface area (Å²) in [7, 11) is 0. The average Bonchev–Trinajstić information content (AvgIpc) is 2.62. The minimum absolute atomic E-state index is 0.231. The number of carboxylic acid groups (broad SMARTS) is 1. The largest absolute Gasteiger partial charge is 0.480 e. The molecule has 0 saturated carbocycles. The molecule has 0 bridgehead atoms. The van der Waals surface area contributed by atoms with Gasteiger partial charge in [-0.25, -0.2) is 4.79 Å². The first-order valence-corrected chi connectivity index (χ1v) is 6.63. The Labute approximate surface area is 120 Å². The van der Waals surface area contributed by atoms with Crippen molar-refractivity contribution in [2.24, 2.45) is 11.8 Å². The van der Waals surface area contributed by atoms with Gasteiger partial charge in [0, 0.05) is 5.92 Å². The molecule has 0 spiro atoms. The molecule has 0 radical (unpaired) electrons. The van der Waals surface area contributed by atoms with Crippen LogP contribution in [0.2, 0.25) is 10.0 Å². The van der Waals surface area contributed by atoms with Crippen LogP contribution < -0.4 is 5.32 Å². The monoisotopic (exact) mass is 301 g/mol. The lowest BCUT2D eigenvalue weighted by atomic mass is 9.87. The summed E-state index contributed by atoms with van der Waals surface area (Å²) in [5.41, 5.74) is 0.868. The molecule has 1 heterocycles. The van der Waals surface area contributed by atoms with Crippen molar-refractivity contribution in [2.75, 3.05) is 0 Å². The Hall–Kier alpha value is -1.26. The van der Waals surface area contributed by atoms with Gasteiger partial charge in [-0.05, 0) is 30.0 Å². The number of rotatable bonds is 3. The highest BCUT2D eigenvalue weighted by molar-refractivity contribution is 6.42. The van der Waals surface area contributed by atoms with Crippen LogP contribution in [0.1, 0.15) is 12.5 Å². The van der Waals surface area contributed by atoms with Crippen LogP contribution in [0.5, 0.6) is 0 Å². The number of nitrogens with one attached hydrogen (secondary N) is 1. The lowest BCUT2D eigenvalue weighted by Crippen LogP contribution is -2.35. The molecule has 0 aromatic heterocycles. The van der Waals surface area contributed by atoms with Gasteiger partial charge in [0.25, 0.3) is 0 Å². The van der Waals surface area contributed by atoms with Gasteiger partial charge in [0.1, 0.15) is 6.04 Å². The Bertz CT molecular complexity index is 533. The predicted octanol–water partition coefficient (Wildman–Crippen LogP) is 2.37. The van der Waals surface area contributed by atoms with Gasteiger partial charge in [0.2, 0.25) is 5.91 Å². The van der Waals surface area contributed by atoms with Crippen molar-refractivity contribution in [3.05, 3.63) is 33.8 Å². The zero-order valence-corrected chi connectivity index (χ0v) is 11.7. The Kier molecular flexibility index (Phi) is 4.02. The molecule has 2 N–H and O–H groups in total. The summed E-state index contributed by atoms with van der Waals surface area (Å²) < 4.78 is 0. The predicted molar refractivity (Wildman–Crippen MR) is 72.4 cm³/mol. The van der Waals surface area contributed by atoms with E-state index in [1.807, 2.05) is 0 Å². The van der Waals surface area contributed by atoms with Crippen LogP contribution in [-0.2, 0) is 16.0 Å². The van der Waals surface area contributed by atoms with Crippen LogP contribution >= 0.6 is 23.2 Å². The molecule has 4 nitrogen and oxygen atoms in total. The number of carbonyl (C=O) groups is 2. The van der Waals surface area contributed by atoms with E-state index in [2.05, 4.69) is 5.32 Å². The summed E-state index contributed by atoms with van der Waals surface area (Å²) in [5, 5.41) is 12.4. The Morgan fingerprint density at radius 2 is 2.05 bits per heavy atom. The van der Waals surface area contributed by atoms with E-state index < -0.39 is 12.0 Å². The molecule has 0 aliphatic carbocycles. The Balaban J connectivity index is 2.16. The molecule has 19 heavy (non-hydrogen) atoms. The van der Waals surface area contributed by atoms with Crippen molar-refractivity contribution in [3.8, 4) is 0 Å². The van der Waals surface area contributed by atoms with Gasteiger partial charge in [-0.2, -0.15) is 0 Å². The van der Waals surface area contributed by atoms with Gasteiger partial charge in [-0.1, -0.05) is 36.2 Å². The maximum Gasteiger partial charge on any atom is 0.326 e. The highest BCUT2D eigenvalue weighted by Crippen LogP contribution is 2.29. The summed E-state index contributed by atoms with van der Waals surface area (Å²) >= 11 is 11.8. The lowest BCUT2D eigenvalue weighted by molar-refractivity contribution is -0.140. The van der Waals surface area contributed by atoms with Crippen molar-refractivity contribution in [1.82, 2.24) is 5.32 Å². The standard InChI is InChI=1S/C13H13Cl2NO3/c1-6-8(12(17)16-11(6)13(18)19)4-7-2-3-9(14)10(15)5-7/h2-3,5-6,8,11H,4H2,1H3,(H,16,17)(H,18,19)/t6-,8?,11?/m0/s1. The van der Waals surface area contributed by atoms with Gasteiger partial charge < -0.3 is 10.4 Å². The average molecular weight is 302 g/mol. The lowest BCUT2D eigenvalue weighted by Gasteiger charge is -2.15. The fourth-order valence-electron chi connectivity index (χ4n) is 2.35. The van der Waals surface area contributed by atoms with E-state index in [1.165, 1.54) is 0 Å². The molecule has 3 atom stereocenters. The van der Waals surface area contributed by atoms with Crippen molar-refractivity contribution >= 4 is 35.1 Å². The van der Waals surface area contributed by atoms with E-state index in [0.29, 0.717) is 16.5 Å². The summed E-state index contributed by atoms with van der Waals surface area (Å²) in [6.07, 6.45) is 0.452. The molecule has 102 valence electrons. The zero-order valence-electron chi connectivity index (χ0n) is 10.2. The topological polar surface area (TPSA) is 66.4 Å². The maximum atomic E-state index is 11.8. The molecule has 1 aliphatic rings. The normalized spacial score (nSPS) is 26.3. The number of halogens is 2. The van der Waals surface area contributed by atoms with Crippen molar-refractivity contribution in [2.45, 2.75) is 19.4 Å². The first kappa shape index (κ1) is 14.2. The molecule has 1 aromatic carbocycles. The van der Waals surface area contributed by atoms with Crippen LogP contribution in [0.3, 0.4) is 0 Å². The zero-order chi connectivity index (χ0) is 14.2. The molecule has 6 heteroatoms. The van der Waals surface area contributed by atoms with Crippen molar-refractivity contribution in [1.29, 1.82) is 0 Å². The fraction of sp³-hybridized carbons (Fsp3) is 0.385. The Morgan fingerprint density at radius 1 is 1.37 bits per heavy atom. The second kappa shape index (κ2) is 5.39. The molecule has 1 amide bonds. The number of hydrogen-bond acceptors (Lipinski definition) is 2. The van der Waals surface area contributed by atoms with Crippen molar-refractivity contribution < 1.29 is 14.7 Å². The van der Waals surface area contributed by atoms with E-state index in [-0.39, 0.29) is 17.7 Å². The minimum Gasteiger partial charge on any atom is -0.480 e. The minimum atomic E-state index is -1.00. The third-order valence-electron chi connectivity index (χ3n) is 3.50. The van der Waals surface area contributed by atoms with Crippen LogP contribution in [-0.4, -0.2) is 23.0 Å². The van der Waals surface area contributed by atoms with Gasteiger partial charge in [0.15, 0.2) is 0 Å². The van der Waals surface area contributed by atoms with Crippen LogP contribution in [0.25, 0.3) is 0 Å². The highest BCUT2D eigenvalue weighted by Gasteiger charge is 2.42. The van der Waals surface area contributed by atoms with Gasteiger partial charge in [-0.15, -0.1) is 0 Å². The molecular weight excluding hydrogens is 289 g/mol. The second-order valence-electron chi connectivity index (χ2n) is 4.74. The molecule has 2 rings (SSSR count). The first-order valence-electron chi connectivity index (χ1n) is 5.87. The van der Waals surface area contributed by atoms with E-state index in [1.54, 1.807) is 25.1 Å². The summed E-state index contributed by atoms with van der Waals surface area (Å²) in [6.45, 7) is 1.76. The second-order valence-corrected chi connectivity index (χ2v) is 5.56. The summed E-state index contributed by atoms with van der Waals surface area (Å²) in [4.78, 5) is 22.8. The molecule has 1 fully saturated rings. The fourth-order valence-corrected chi connectivity index (χ4v) is 2.67. The van der Waals surface area contributed by atoms with E-state index >= 15 is 0 Å². The summed E-state index contributed by atoms with van der Waals surface area (Å²) in [6, 6.07) is 4.35. The summed E-state index contributed by atoms with van der Waals surface area (Å²) in [5.74, 6) is -1.86. The highest BCUT2D eigenvalue weighted by atomic mass is 35.5. The quantitative estimate of drug-likeness (QED) is 0.901. The molecule has 1 saturated heterocycles. The number of carboxylic acids is 1. The number of benzene rings is 1. The van der Waals surface area contributed by atoms with E-state index in [0.717, 1.165) is 5.56 Å². The number of amides is 1. The number of carbonyl (C=O) groups excluding carboxylic acids is 1. The first-order chi connectivity index (χ1) is 8.90. The molecule has 1 aliphatic heterocycles. The molecule has 1 aromatic rings. The smallest absolute Gasteiger partial charge is 0.326 e. The molecular formula is C13H13Cl2NO3. The third kappa shape index (κ3) is 2.85. The van der Waals surface area contributed by atoms with Gasteiger partial charge >= 0.3 is 5.97 Å². The molecule has 2 unspecified atom stereocenters.